The van der Waals surface area contributed by atoms with Gasteiger partial charge in [0.15, 0.2) is 0 Å². The summed E-state index contributed by atoms with van der Waals surface area (Å²) in [7, 11) is 0. The predicted octanol–water partition coefficient (Wildman–Crippen LogP) is 4.05. The number of nitro groups is 1. The summed E-state index contributed by atoms with van der Waals surface area (Å²) in [5, 5.41) is 11.5. The van der Waals surface area contributed by atoms with Crippen molar-refractivity contribution in [2.75, 3.05) is 0 Å². The Hall–Kier alpha value is -1.92. The SMILES string of the molecule is CCc1c(Cl)ncnc1Oc1ccc(Cl)cc1[N+](=O)[O-]. The Labute approximate surface area is 124 Å². The minimum atomic E-state index is -0.574. The first kappa shape index (κ1) is 14.5. The highest BCUT2D eigenvalue weighted by Gasteiger charge is 2.19. The summed E-state index contributed by atoms with van der Waals surface area (Å²) in [6, 6.07) is 4.12. The topological polar surface area (TPSA) is 78.2 Å². The molecule has 0 aliphatic heterocycles. The Kier molecular flexibility index (Phi) is 4.36. The predicted molar refractivity (Wildman–Crippen MR) is 74.6 cm³/mol. The molecule has 104 valence electrons. The van der Waals surface area contributed by atoms with Crippen molar-refractivity contribution in [1.29, 1.82) is 0 Å². The standard InChI is InChI=1S/C12H9Cl2N3O3/c1-2-8-11(14)15-6-16-12(8)20-10-4-3-7(13)5-9(10)17(18)19/h3-6H,2H2,1H3. The lowest BCUT2D eigenvalue weighted by Crippen LogP contribution is -1.99. The van der Waals surface area contributed by atoms with E-state index in [0.29, 0.717) is 12.0 Å². The van der Waals surface area contributed by atoms with E-state index in [-0.39, 0.29) is 27.5 Å². The van der Waals surface area contributed by atoms with E-state index in [1.165, 1.54) is 24.5 Å². The Morgan fingerprint density at radius 3 is 2.75 bits per heavy atom. The number of hydrogen-bond acceptors (Lipinski definition) is 5. The highest BCUT2D eigenvalue weighted by molar-refractivity contribution is 6.31. The van der Waals surface area contributed by atoms with Gasteiger partial charge < -0.3 is 4.74 Å². The molecule has 0 bridgehead atoms. The highest BCUT2D eigenvalue weighted by atomic mass is 35.5. The van der Waals surface area contributed by atoms with E-state index in [4.69, 9.17) is 27.9 Å². The summed E-state index contributed by atoms with van der Waals surface area (Å²) in [4.78, 5) is 18.2. The number of rotatable bonds is 4. The fraction of sp³-hybridized carbons (Fsp3) is 0.167. The van der Waals surface area contributed by atoms with E-state index in [0.717, 1.165) is 0 Å². The molecule has 0 atom stereocenters. The second kappa shape index (κ2) is 6.02. The molecule has 0 saturated carbocycles. The van der Waals surface area contributed by atoms with Crippen LogP contribution in [0, 0.1) is 10.1 Å². The molecule has 6 nitrogen and oxygen atoms in total. The monoisotopic (exact) mass is 313 g/mol. The van der Waals surface area contributed by atoms with Crippen molar-refractivity contribution in [3.05, 3.63) is 50.4 Å². The van der Waals surface area contributed by atoms with E-state index in [9.17, 15) is 10.1 Å². The zero-order valence-corrected chi connectivity index (χ0v) is 11.9. The summed E-state index contributed by atoms with van der Waals surface area (Å²) >= 11 is 11.7. The number of halogens is 2. The third-order valence-electron chi connectivity index (χ3n) is 2.53. The van der Waals surface area contributed by atoms with Gasteiger partial charge in [-0.2, -0.15) is 0 Å². The van der Waals surface area contributed by atoms with Gasteiger partial charge in [0.2, 0.25) is 11.6 Å². The first-order valence-electron chi connectivity index (χ1n) is 5.64. The average Bonchev–Trinajstić information content (AvgIpc) is 2.41. The summed E-state index contributed by atoms with van der Waals surface area (Å²) < 4.78 is 5.49. The van der Waals surface area contributed by atoms with Gasteiger partial charge in [0.1, 0.15) is 11.5 Å². The minimum Gasteiger partial charge on any atom is -0.431 e. The van der Waals surface area contributed by atoms with E-state index in [1.54, 1.807) is 0 Å². The minimum absolute atomic E-state index is 0.0452. The molecule has 0 aliphatic carbocycles. The number of nitrogens with zero attached hydrogens (tertiary/aromatic N) is 3. The molecule has 2 aromatic rings. The van der Waals surface area contributed by atoms with Crippen LogP contribution in [-0.2, 0) is 6.42 Å². The van der Waals surface area contributed by atoms with Gasteiger partial charge in [0.05, 0.1) is 10.5 Å². The number of ether oxygens (including phenoxy) is 1. The van der Waals surface area contributed by atoms with Crippen LogP contribution in [0.25, 0.3) is 0 Å². The fourth-order valence-electron chi connectivity index (χ4n) is 1.58. The van der Waals surface area contributed by atoms with Crippen molar-refractivity contribution in [3.8, 4) is 11.6 Å². The zero-order chi connectivity index (χ0) is 14.7. The molecule has 0 fully saturated rings. The molecule has 1 heterocycles. The maximum Gasteiger partial charge on any atom is 0.313 e. The van der Waals surface area contributed by atoms with Crippen LogP contribution in [-0.4, -0.2) is 14.9 Å². The second-order valence-electron chi connectivity index (χ2n) is 3.77. The normalized spacial score (nSPS) is 10.3. The van der Waals surface area contributed by atoms with Crippen molar-refractivity contribution >= 4 is 28.9 Å². The van der Waals surface area contributed by atoms with Crippen molar-refractivity contribution in [2.45, 2.75) is 13.3 Å². The number of nitro benzene ring substituents is 1. The number of hydrogen-bond donors (Lipinski definition) is 0. The quantitative estimate of drug-likeness (QED) is 0.483. The maximum absolute atomic E-state index is 11.0. The smallest absolute Gasteiger partial charge is 0.313 e. The Balaban J connectivity index is 2.45. The summed E-state index contributed by atoms with van der Waals surface area (Å²) in [6.45, 7) is 1.85. The molecule has 0 unspecified atom stereocenters. The third-order valence-corrected chi connectivity index (χ3v) is 3.09. The molecular formula is C12H9Cl2N3O3. The molecule has 0 radical (unpaired) electrons. The van der Waals surface area contributed by atoms with E-state index in [1.807, 2.05) is 6.92 Å². The van der Waals surface area contributed by atoms with Gasteiger partial charge in [0, 0.05) is 11.1 Å². The molecule has 0 amide bonds. The lowest BCUT2D eigenvalue weighted by molar-refractivity contribution is -0.385. The van der Waals surface area contributed by atoms with Crippen LogP contribution in [0.5, 0.6) is 11.6 Å². The Morgan fingerprint density at radius 2 is 2.10 bits per heavy atom. The van der Waals surface area contributed by atoms with Gasteiger partial charge in [-0.15, -0.1) is 0 Å². The van der Waals surface area contributed by atoms with Crippen LogP contribution < -0.4 is 4.74 Å². The van der Waals surface area contributed by atoms with Crippen molar-refractivity contribution < 1.29 is 9.66 Å². The maximum atomic E-state index is 11.0. The summed E-state index contributed by atoms with van der Waals surface area (Å²) in [5.74, 6) is 0.238. The molecule has 20 heavy (non-hydrogen) atoms. The fourth-order valence-corrected chi connectivity index (χ4v) is 2.01. The first-order valence-corrected chi connectivity index (χ1v) is 6.39. The Bertz CT molecular complexity index is 664. The molecule has 0 N–H and O–H groups in total. The van der Waals surface area contributed by atoms with Crippen LogP contribution >= 0.6 is 23.2 Å². The lowest BCUT2D eigenvalue weighted by Gasteiger charge is -2.09. The van der Waals surface area contributed by atoms with Crippen molar-refractivity contribution in [3.63, 3.8) is 0 Å². The summed E-state index contributed by atoms with van der Waals surface area (Å²) in [5.41, 5.74) is 0.340. The second-order valence-corrected chi connectivity index (χ2v) is 4.57. The average molecular weight is 314 g/mol. The molecular weight excluding hydrogens is 305 g/mol. The number of benzene rings is 1. The van der Waals surface area contributed by atoms with E-state index >= 15 is 0 Å². The van der Waals surface area contributed by atoms with Gasteiger partial charge in [-0.1, -0.05) is 30.1 Å². The van der Waals surface area contributed by atoms with Gasteiger partial charge in [-0.3, -0.25) is 10.1 Å². The largest absolute Gasteiger partial charge is 0.431 e. The van der Waals surface area contributed by atoms with Crippen molar-refractivity contribution in [1.82, 2.24) is 9.97 Å². The first-order chi connectivity index (χ1) is 9.52. The van der Waals surface area contributed by atoms with Crippen LogP contribution in [0.3, 0.4) is 0 Å². The highest BCUT2D eigenvalue weighted by Crippen LogP contribution is 2.35. The van der Waals surface area contributed by atoms with Crippen LogP contribution in [0.2, 0.25) is 10.2 Å². The van der Waals surface area contributed by atoms with Crippen LogP contribution in [0.1, 0.15) is 12.5 Å². The molecule has 1 aromatic carbocycles. The van der Waals surface area contributed by atoms with E-state index in [2.05, 4.69) is 9.97 Å². The lowest BCUT2D eigenvalue weighted by atomic mass is 10.2. The molecule has 2 rings (SSSR count). The molecule has 8 heteroatoms. The number of aromatic nitrogens is 2. The van der Waals surface area contributed by atoms with Gasteiger partial charge in [-0.05, 0) is 18.6 Å². The third kappa shape index (κ3) is 2.97. The van der Waals surface area contributed by atoms with E-state index < -0.39 is 4.92 Å². The van der Waals surface area contributed by atoms with Gasteiger partial charge in [-0.25, -0.2) is 9.97 Å². The molecule has 1 aromatic heterocycles. The van der Waals surface area contributed by atoms with Gasteiger partial charge in [0.25, 0.3) is 0 Å². The molecule has 0 aliphatic rings. The Morgan fingerprint density at radius 1 is 1.35 bits per heavy atom. The van der Waals surface area contributed by atoms with Crippen LogP contribution in [0.4, 0.5) is 5.69 Å². The van der Waals surface area contributed by atoms with Crippen LogP contribution in [0.15, 0.2) is 24.5 Å². The summed E-state index contributed by atoms with van der Waals surface area (Å²) in [6.07, 6.45) is 1.77. The molecule has 0 saturated heterocycles. The van der Waals surface area contributed by atoms with Gasteiger partial charge >= 0.3 is 5.69 Å². The zero-order valence-electron chi connectivity index (χ0n) is 10.3. The van der Waals surface area contributed by atoms with Crippen molar-refractivity contribution in [2.24, 2.45) is 0 Å². The molecule has 0 spiro atoms.